The van der Waals surface area contributed by atoms with Gasteiger partial charge in [-0.3, -0.25) is 0 Å². The zero-order valence-electron chi connectivity index (χ0n) is 5.83. The molecule has 4 heteroatoms. The predicted molar refractivity (Wildman–Crippen MR) is 34.8 cm³/mol. The van der Waals surface area contributed by atoms with Gasteiger partial charge in [-0.15, -0.1) is 0 Å². The van der Waals surface area contributed by atoms with E-state index in [2.05, 4.69) is 5.32 Å². The SMILES string of the molecule is CC1CO[C@@H](C(=O)O)CN1. The standard InChI is InChI=1S/C6H11NO3/c1-4-3-10-5(2-7-4)6(8)9/h4-5,7H,2-3H2,1H3,(H,8,9)/t4?,5-/m1/s1. The molecular weight excluding hydrogens is 134 g/mol. The first-order valence-corrected chi connectivity index (χ1v) is 3.28. The molecule has 4 nitrogen and oxygen atoms in total. The van der Waals surface area contributed by atoms with Gasteiger partial charge in [0.1, 0.15) is 0 Å². The molecule has 0 amide bonds. The molecule has 0 aromatic rings. The highest BCUT2D eigenvalue weighted by Gasteiger charge is 2.23. The summed E-state index contributed by atoms with van der Waals surface area (Å²) in [6.45, 7) is 2.85. The molecule has 1 aliphatic rings. The molecule has 0 bridgehead atoms. The molecule has 1 unspecified atom stereocenters. The lowest BCUT2D eigenvalue weighted by Gasteiger charge is -2.25. The van der Waals surface area contributed by atoms with Crippen LogP contribution in [0.4, 0.5) is 0 Å². The molecule has 0 aliphatic carbocycles. The maximum atomic E-state index is 10.3. The van der Waals surface area contributed by atoms with Crippen molar-refractivity contribution >= 4 is 5.97 Å². The number of carboxylic acids is 1. The smallest absolute Gasteiger partial charge is 0.334 e. The molecule has 1 fully saturated rings. The van der Waals surface area contributed by atoms with Crippen LogP contribution in [0.15, 0.2) is 0 Å². The topological polar surface area (TPSA) is 58.6 Å². The van der Waals surface area contributed by atoms with Crippen LogP contribution in [0.3, 0.4) is 0 Å². The first-order valence-electron chi connectivity index (χ1n) is 3.28. The van der Waals surface area contributed by atoms with Crippen molar-refractivity contribution in [1.29, 1.82) is 0 Å². The minimum atomic E-state index is -0.889. The highest BCUT2D eigenvalue weighted by Crippen LogP contribution is 1.99. The maximum Gasteiger partial charge on any atom is 0.334 e. The molecule has 1 rings (SSSR count). The van der Waals surface area contributed by atoms with Crippen molar-refractivity contribution in [3.8, 4) is 0 Å². The van der Waals surface area contributed by atoms with Crippen LogP contribution < -0.4 is 5.32 Å². The number of hydrogen-bond donors (Lipinski definition) is 2. The molecule has 2 atom stereocenters. The normalized spacial score (nSPS) is 33.7. The van der Waals surface area contributed by atoms with Crippen LogP contribution in [0, 0.1) is 0 Å². The molecule has 0 spiro atoms. The van der Waals surface area contributed by atoms with Gasteiger partial charge in [-0.05, 0) is 6.92 Å². The number of nitrogens with one attached hydrogen (secondary N) is 1. The van der Waals surface area contributed by atoms with E-state index in [0.29, 0.717) is 13.2 Å². The third-order valence-corrected chi connectivity index (χ3v) is 1.47. The van der Waals surface area contributed by atoms with Gasteiger partial charge < -0.3 is 15.2 Å². The second-order valence-electron chi connectivity index (χ2n) is 2.47. The highest BCUT2D eigenvalue weighted by atomic mass is 16.5. The fourth-order valence-corrected chi connectivity index (χ4v) is 0.845. The summed E-state index contributed by atoms with van der Waals surface area (Å²) in [4.78, 5) is 10.3. The minimum Gasteiger partial charge on any atom is -0.479 e. The Morgan fingerprint density at radius 3 is 2.90 bits per heavy atom. The maximum absolute atomic E-state index is 10.3. The molecule has 2 N–H and O–H groups in total. The number of ether oxygens (including phenoxy) is 1. The second kappa shape index (κ2) is 2.98. The summed E-state index contributed by atoms with van der Waals surface area (Å²) in [5, 5.41) is 11.5. The fraction of sp³-hybridized carbons (Fsp3) is 0.833. The van der Waals surface area contributed by atoms with Crippen molar-refractivity contribution in [2.24, 2.45) is 0 Å². The molecule has 0 radical (unpaired) electrons. The van der Waals surface area contributed by atoms with Gasteiger partial charge >= 0.3 is 5.97 Å². The lowest BCUT2D eigenvalue weighted by Crippen LogP contribution is -2.47. The van der Waals surface area contributed by atoms with Crippen LogP contribution in [0.25, 0.3) is 0 Å². The van der Waals surface area contributed by atoms with E-state index in [0.717, 1.165) is 0 Å². The van der Waals surface area contributed by atoms with Gasteiger partial charge in [0.25, 0.3) is 0 Å². The van der Waals surface area contributed by atoms with E-state index in [9.17, 15) is 4.79 Å². The van der Waals surface area contributed by atoms with Crippen LogP contribution >= 0.6 is 0 Å². The van der Waals surface area contributed by atoms with Gasteiger partial charge in [0, 0.05) is 12.6 Å². The Morgan fingerprint density at radius 1 is 1.80 bits per heavy atom. The van der Waals surface area contributed by atoms with E-state index in [1.807, 2.05) is 6.92 Å². The van der Waals surface area contributed by atoms with Crippen LogP contribution in [0.2, 0.25) is 0 Å². The van der Waals surface area contributed by atoms with Crippen molar-refractivity contribution < 1.29 is 14.6 Å². The summed E-state index contributed by atoms with van der Waals surface area (Å²) in [6, 6.07) is 0.274. The summed E-state index contributed by atoms with van der Waals surface area (Å²) in [5.41, 5.74) is 0. The third-order valence-electron chi connectivity index (χ3n) is 1.47. The quantitative estimate of drug-likeness (QED) is 0.519. The van der Waals surface area contributed by atoms with Crippen molar-refractivity contribution in [2.75, 3.05) is 13.2 Å². The summed E-state index contributed by atoms with van der Waals surface area (Å²) in [5.74, 6) is -0.889. The molecule has 0 aromatic heterocycles. The summed E-state index contributed by atoms with van der Waals surface area (Å²) in [6.07, 6.45) is -0.656. The highest BCUT2D eigenvalue weighted by molar-refractivity contribution is 5.72. The first kappa shape index (κ1) is 7.50. The fourth-order valence-electron chi connectivity index (χ4n) is 0.845. The summed E-state index contributed by atoms with van der Waals surface area (Å²) in [7, 11) is 0. The average molecular weight is 145 g/mol. The van der Waals surface area contributed by atoms with Gasteiger partial charge in [0.15, 0.2) is 6.10 Å². The number of aliphatic carboxylic acids is 1. The number of carboxylic acid groups (broad SMARTS) is 1. The number of rotatable bonds is 1. The van der Waals surface area contributed by atoms with Gasteiger partial charge in [0.2, 0.25) is 0 Å². The van der Waals surface area contributed by atoms with Crippen molar-refractivity contribution in [1.82, 2.24) is 5.32 Å². The number of hydrogen-bond acceptors (Lipinski definition) is 3. The number of morpholine rings is 1. The monoisotopic (exact) mass is 145 g/mol. The Morgan fingerprint density at radius 2 is 2.50 bits per heavy atom. The lowest BCUT2D eigenvalue weighted by atomic mass is 10.2. The largest absolute Gasteiger partial charge is 0.479 e. The molecule has 10 heavy (non-hydrogen) atoms. The van der Waals surface area contributed by atoms with Gasteiger partial charge in [-0.2, -0.15) is 0 Å². The Kier molecular flexibility index (Phi) is 2.24. The van der Waals surface area contributed by atoms with Gasteiger partial charge in [-0.1, -0.05) is 0 Å². The Balaban J connectivity index is 2.33. The second-order valence-corrected chi connectivity index (χ2v) is 2.47. The predicted octanol–water partition coefficient (Wildman–Crippen LogP) is -0.552. The van der Waals surface area contributed by atoms with Crippen LogP contribution in [0.1, 0.15) is 6.92 Å². The van der Waals surface area contributed by atoms with E-state index >= 15 is 0 Å². The minimum absolute atomic E-state index is 0.274. The van der Waals surface area contributed by atoms with E-state index in [1.54, 1.807) is 0 Å². The molecule has 1 saturated heterocycles. The Labute approximate surface area is 59.2 Å². The van der Waals surface area contributed by atoms with E-state index in [-0.39, 0.29) is 6.04 Å². The van der Waals surface area contributed by atoms with Crippen molar-refractivity contribution in [3.63, 3.8) is 0 Å². The molecule has 0 saturated carbocycles. The van der Waals surface area contributed by atoms with Crippen molar-refractivity contribution in [2.45, 2.75) is 19.1 Å². The molecule has 1 aliphatic heterocycles. The molecular formula is C6H11NO3. The average Bonchev–Trinajstić information content (AvgIpc) is 1.88. The number of carbonyl (C=O) groups is 1. The zero-order chi connectivity index (χ0) is 7.56. The first-order chi connectivity index (χ1) is 4.70. The third kappa shape index (κ3) is 1.68. The van der Waals surface area contributed by atoms with Crippen molar-refractivity contribution in [3.05, 3.63) is 0 Å². The van der Waals surface area contributed by atoms with Crippen LogP contribution in [-0.2, 0) is 9.53 Å². The Bertz CT molecular complexity index is 129. The lowest BCUT2D eigenvalue weighted by molar-refractivity contribution is -0.152. The molecule has 0 aromatic carbocycles. The van der Waals surface area contributed by atoms with Crippen LogP contribution in [-0.4, -0.2) is 36.4 Å². The molecule has 1 heterocycles. The van der Waals surface area contributed by atoms with Crippen LogP contribution in [0.5, 0.6) is 0 Å². The van der Waals surface area contributed by atoms with Gasteiger partial charge in [0.05, 0.1) is 6.61 Å². The van der Waals surface area contributed by atoms with Gasteiger partial charge in [-0.25, -0.2) is 4.79 Å². The zero-order valence-corrected chi connectivity index (χ0v) is 5.83. The summed E-state index contributed by atoms with van der Waals surface area (Å²) >= 11 is 0. The van der Waals surface area contributed by atoms with E-state index in [1.165, 1.54) is 0 Å². The Hall–Kier alpha value is -0.610. The molecule has 58 valence electrons. The van der Waals surface area contributed by atoms with E-state index < -0.39 is 12.1 Å². The summed E-state index contributed by atoms with van der Waals surface area (Å²) < 4.78 is 4.99. The van der Waals surface area contributed by atoms with E-state index in [4.69, 9.17) is 9.84 Å².